The molecule has 0 N–H and O–H groups in total. The maximum Gasteiger partial charge on any atom is 0.235 e. The van der Waals surface area contributed by atoms with Crippen molar-refractivity contribution in [2.24, 2.45) is 0 Å². The molecule has 0 aromatic rings. The Morgan fingerprint density at radius 2 is 2.21 bits per heavy atom. The van der Waals surface area contributed by atoms with Gasteiger partial charge in [0.1, 0.15) is 6.29 Å². The third-order valence-electron chi connectivity index (χ3n) is 2.09. The van der Waals surface area contributed by atoms with E-state index in [1.165, 1.54) is 11.8 Å². The maximum absolute atomic E-state index is 11.7. The van der Waals surface area contributed by atoms with Gasteiger partial charge in [0.2, 0.25) is 5.91 Å². The van der Waals surface area contributed by atoms with Crippen LogP contribution in [0.4, 0.5) is 0 Å². The fraction of sp³-hybridized carbons (Fsp3) is 0.800. The molecule has 0 radical (unpaired) electrons. The normalized spacial score (nSPS) is 12.2. The molecule has 0 saturated carbocycles. The minimum atomic E-state index is -0.200. The summed E-state index contributed by atoms with van der Waals surface area (Å²) < 4.78 is 0. The highest BCUT2D eigenvalue weighted by molar-refractivity contribution is 7.99. The smallest absolute Gasteiger partial charge is 0.235 e. The zero-order valence-corrected chi connectivity index (χ0v) is 9.97. The van der Waals surface area contributed by atoms with Crippen LogP contribution in [0.5, 0.6) is 0 Å². The second-order valence-electron chi connectivity index (χ2n) is 3.24. The summed E-state index contributed by atoms with van der Waals surface area (Å²) in [5.74, 6) is 0.0676. The minimum Gasteiger partial charge on any atom is -0.345 e. The molecule has 0 saturated heterocycles. The molecule has 0 aliphatic carbocycles. The zero-order chi connectivity index (χ0) is 11.0. The predicted octanol–water partition coefficient (Wildman–Crippen LogP) is 1.57. The van der Waals surface area contributed by atoms with Gasteiger partial charge in [0.25, 0.3) is 0 Å². The number of aldehydes is 1. The van der Waals surface area contributed by atoms with E-state index in [0.717, 1.165) is 25.7 Å². The van der Waals surface area contributed by atoms with Crippen LogP contribution in [0, 0.1) is 0 Å². The molecule has 82 valence electrons. The van der Waals surface area contributed by atoms with E-state index in [1.807, 2.05) is 6.26 Å². The average molecular weight is 217 g/mol. The molecule has 1 unspecified atom stereocenters. The summed E-state index contributed by atoms with van der Waals surface area (Å²) in [7, 11) is 1.80. The molecule has 0 heterocycles. The predicted molar refractivity (Wildman–Crippen MR) is 60.5 cm³/mol. The Bertz CT molecular complexity index is 185. The molecular weight excluding hydrogens is 198 g/mol. The molecule has 3 nitrogen and oxygen atoms in total. The van der Waals surface area contributed by atoms with E-state index in [2.05, 4.69) is 6.92 Å². The lowest BCUT2D eigenvalue weighted by Crippen LogP contribution is -2.35. The van der Waals surface area contributed by atoms with Gasteiger partial charge in [-0.2, -0.15) is 11.8 Å². The molecule has 0 rings (SSSR count). The van der Waals surface area contributed by atoms with Gasteiger partial charge in [-0.25, -0.2) is 0 Å². The molecule has 0 aliphatic heterocycles. The summed E-state index contributed by atoms with van der Waals surface area (Å²) >= 11 is 1.44. The minimum absolute atomic E-state index is 0.0676. The summed E-state index contributed by atoms with van der Waals surface area (Å²) in [6.45, 7) is 2.88. The Labute approximate surface area is 90.2 Å². The van der Waals surface area contributed by atoms with Crippen molar-refractivity contribution < 1.29 is 9.59 Å². The van der Waals surface area contributed by atoms with Crippen molar-refractivity contribution in [2.45, 2.75) is 31.4 Å². The van der Waals surface area contributed by atoms with Gasteiger partial charge < -0.3 is 9.69 Å². The van der Waals surface area contributed by atoms with Crippen molar-refractivity contribution in [3.05, 3.63) is 0 Å². The highest BCUT2D eigenvalue weighted by Gasteiger charge is 2.19. The van der Waals surface area contributed by atoms with Crippen LogP contribution in [-0.4, -0.2) is 42.2 Å². The molecule has 1 atom stereocenters. The molecular formula is C10H19NO2S. The van der Waals surface area contributed by atoms with E-state index in [9.17, 15) is 9.59 Å². The first-order valence-electron chi connectivity index (χ1n) is 4.88. The first kappa shape index (κ1) is 13.5. The fourth-order valence-corrected chi connectivity index (χ4v) is 1.79. The van der Waals surface area contributed by atoms with Gasteiger partial charge >= 0.3 is 0 Å². The lowest BCUT2D eigenvalue weighted by molar-refractivity contribution is -0.130. The summed E-state index contributed by atoms with van der Waals surface area (Å²) in [6.07, 6.45) is 5.09. The summed E-state index contributed by atoms with van der Waals surface area (Å²) in [5.41, 5.74) is 0. The number of carbonyl (C=O) groups is 2. The van der Waals surface area contributed by atoms with E-state index in [0.29, 0.717) is 6.42 Å². The Hall–Kier alpha value is -0.510. The number of thioether (sulfide) groups is 1. The van der Waals surface area contributed by atoms with E-state index in [1.54, 1.807) is 11.9 Å². The maximum atomic E-state index is 11.7. The van der Waals surface area contributed by atoms with Crippen molar-refractivity contribution in [2.75, 3.05) is 19.8 Å². The first-order valence-corrected chi connectivity index (χ1v) is 6.17. The van der Waals surface area contributed by atoms with Crippen LogP contribution >= 0.6 is 11.8 Å². The number of unbranched alkanes of at least 4 members (excludes halogenated alkanes) is 1. The molecule has 0 aliphatic rings. The Morgan fingerprint density at radius 3 is 2.64 bits per heavy atom. The molecule has 0 bridgehead atoms. The molecule has 0 spiro atoms. The van der Waals surface area contributed by atoms with Crippen molar-refractivity contribution in [3.8, 4) is 0 Å². The third-order valence-corrected chi connectivity index (χ3v) is 3.06. The summed E-state index contributed by atoms with van der Waals surface area (Å²) in [4.78, 5) is 23.8. The summed E-state index contributed by atoms with van der Waals surface area (Å²) in [5, 5.41) is -0.200. The largest absolute Gasteiger partial charge is 0.345 e. The van der Waals surface area contributed by atoms with Gasteiger partial charge in [0.05, 0.1) is 5.25 Å². The van der Waals surface area contributed by atoms with Crippen LogP contribution in [0.2, 0.25) is 0 Å². The van der Waals surface area contributed by atoms with Crippen molar-refractivity contribution in [1.29, 1.82) is 0 Å². The molecule has 0 aromatic heterocycles. The third kappa shape index (κ3) is 4.65. The van der Waals surface area contributed by atoms with Crippen molar-refractivity contribution >= 4 is 24.0 Å². The molecule has 14 heavy (non-hydrogen) atoms. The van der Waals surface area contributed by atoms with Crippen molar-refractivity contribution in [1.82, 2.24) is 4.90 Å². The number of hydrogen-bond acceptors (Lipinski definition) is 3. The number of amides is 1. The molecule has 4 heteroatoms. The Kier molecular flexibility index (Phi) is 7.57. The number of nitrogens with zero attached hydrogens (tertiary/aromatic N) is 1. The number of carbonyl (C=O) groups excluding carboxylic acids is 2. The van der Waals surface area contributed by atoms with E-state index in [-0.39, 0.29) is 11.2 Å². The van der Waals surface area contributed by atoms with E-state index in [4.69, 9.17) is 0 Å². The summed E-state index contributed by atoms with van der Waals surface area (Å²) in [6, 6.07) is 0. The molecule has 1 amide bonds. The standard InChI is InChI=1S/C10H19NO2S/c1-4-5-7-11(2)10(13)9(14-3)6-8-12/h8-9H,4-7H2,1-3H3. The number of rotatable bonds is 7. The van der Waals surface area contributed by atoms with Crippen LogP contribution in [-0.2, 0) is 9.59 Å². The second kappa shape index (κ2) is 7.85. The van der Waals surface area contributed by atoms with Crippen LogP contribution in [0.3, 0.4) is 0 Å². The fourth-order valence-electron chi connectivity index (χ4n) is 1.14. The molecule has 0 aromatic carbocycles. The van der Waals surface area contributed by atoms with E-state index >= 15 is 0 Å². The van der Waals surface area contributed by atoms with Crippen LogP contribution in [0.15, 0.2) is 0 Å². The highest BCUT2D eigenvalue weighted by atomic mass is 32.2. The van der Waals surface area contributed by atoms with E-state index < -0.39 is 0 Å². The first-order chi connectivity index (χ1) is 6.67. The van der Waals surface area contributed by atoms with Gasteiger partial charge in [0.15, 0.2) is 0 Å². The Balaban J connectivity index is 4.05. The topological polar surface area (TPSA) is 37.4 Å². The van der Waals surface area contributed by atoms with Gasteiger partial charge in [0, 0.05) is 20.0 Å². The SMILES string of the molecule is CCCCN(C)C(=O)C(CC=O)SC. The average Bonchev–Trinajstić information content (AvgIpc) is 2.21. The molecule has 0 fully saturated rings. The highest BCUT2D eigenvalue weighted by Crippen LogP contribution is 2.12. The van der Waals surface area contributed by atoms with Gasteiger partial charge in [-0.15, -0.1) is 0 Å². The van der Waals surface area contributed by atoms with Crippen LogP contribution in [0.1, 0.15) is 26.2 Å². The van der Waals surface area contributed by atoms with Gasteiger partial charge in [-0.05, 0) is 12.7 Å². The number of hydrogen-bond donors (Lipinski definition) is 0. The quantitative estimate of drug-likeness (QED) is 0.607. The Morgan fingerprint density at radius 1 is 1.57 bits per heavy atom. The monoisotopic (exact) mass is 217 g/mol. The lowest BCUT2D eigenvalue weighted by Gasteiger charge is -2.21. The van der Waals surface area contributed by atoms with Crippen LogP contribution in [0.25, 0.3) is 0 Å². The second-order valence-corrected chi connectivity index (χ2v) is 4.28. The lowest BCUT2D eigenvalue weighted by atomic mass is 10.2. The van der Waals surface area contributed by atoms with Crippen LogP contribution < -0.4 is 0 Å². The zero-order valence-electron chi connectivity index (χ0n) is 9.16. The van der Waals surface area contributed by atoms with Crippen molar-refractivity contribution in [3.63, 3.8) is 0 Å². The van der Waals surface area contributed by atoms with Gasteiger partial charge in [-0.1, -0.05) is 13.3 Å². The van der Waals surface area contributed by atoms with Gasteiger partial charge in [-0.3, -0.25) is 4.79 Å².